The zero-order chi connectivity index (χ0) is 13.7. The number of phenols is 1. The summed E-state index contributed by atoms with van der Waals surface area (Å²) in [7, 11) is 0. The van der Waals surface area contributed by atoms with Gasteiger partial charge in [-0.2, -0.15) is 5.26 Å². The molecule has 1 amide bonds. The Labute approximate surface area is 112 Å². The van der Waals surface area contributed by atoms with Crippen molar-refractivity contribution in [2.24, 2.45) is 0 Å². The SMILES string of the molecule is N#CC(=Cc1ccccc1O)C(=O)NC1CCCC1. The zero-order valence-corrected chi connectivity index (χ0v) is 10.6. The second-order valence-electron chi connectivity index (χ2n) is 4.68. The fraction of sp³-hybridized carbons (Fsp3) is 0.333. The maximum absolute atomic E-state index is 12.0. The summed E-state index contributed by atoms with van der Waals surface area (Å²) in [6.07, 6.45) is 5.60. The lowest BCUT2D eigenvalue weighted by Crippen LogP contribution is -2.33. The highest BCUT2D eigenvalue weighted by atomic mass is 16.3. The van der Waals surface area contributed by atoms with Gasteiger partial charge in [0.2, 0.25) is 0 Å². The number of nitrogens with zero attached hydrogens (tertiary/aromatic N) is 1. The van der Waals surface area contributed by atoms with E-state index in [4.69, 9.17) is 5.26 Å². The maximum atomic E-state index is 12.0. The highest BCUT2D eigenvalue weighted by Crippen LogP contribution is 2.20. The normalized spacial score (nSPS) is 16.1. The summed E-state index contributed by atoms with van der Waals surface area (Å²) < 4.78 is 0. The van der Waals surface area contributed by atoms with Crippen molar-refractivity contribution in [3.63, 3.8) is 0 Å². The third-order valence-corrected chi connectivity index (χ3v) is 3.29. The number of phenolic OH excluding ortho intramolecular Hbond substituents is 1. The molecule has 4 heteroatoms. The standard InChI is InChI=1S/C15H16N2O2/c16-10-12(9-11-5-1-4-8-14(11)18)15(19)17-13-6-2-3-7-13/h1,4-5,8-9,13,18H,2-3,6-7H2,(H,17,19). The fourth-order valence-corrected chi connectivity index (χ4v) is 2.25. The Morgan fingerprint density at radius 2 is 2.05 bits per heavy atom. The number of nitriles is 1. The van der Waals surface area contributed by atoms with E-state index in [2.05, 4.69) is 5.32 Å². The minimum Gasteiger partial charge on any atom is -0.507 e. The topological polar surface area (TPSA) is 73.1 Å². The largest absolute Gasteiger partial charge is 0.507 e. The van der Waals surface area contributed by atoms with Crippen LogP contribution in [0.3, 0.4) is 0 Å². The number of hydrogen-bond acceptors (Lipinski definition) is 3. The van der Waals surface area contributed by atoms with E-state index >= 15 is 0 Å². The maximum Gasteiger partial charge on any atom is 0.262 e. The Morgan fingerprint density at radius 3 is 2.68 bits per heavy atom. The van der Waals surface area contributed by atoms with Crippen molar-refractivity contribution in [1.82, 2.24) is 5.32 Å². The number of hydrogen-bond donors (Lipinski definition) is 2. The first-order valence-corrected chi connectivity index (χ1v) is 6.41. The van der Waals surface area contributed by atoms with Gasteiger partial charge in [-0.1, -0.05) is 31.0 Å². The van der Waals surface area contributed by atoms with Gasteiger partial charge in [0.1, 0.15) is 17.4 Å². The van der Waals surface area contributed by atoms with Gasteiger partial charge in [0.05, 0.1) is 0 Å². The molecule has 0 heterocycles. The molecular formula is C15H16N2O2. The van der Waals surface area contributed by atoms with Crippen LogP contribution < -0.4 is 5.32 Å². The molecule has 2 rings (SSSR count). The molecule has 1 aromatic rings. The molecule has 0 bridgehead atoms. The lowest BCUT2D eigenvalue weighted by Gasteiger charge is -2.11. The van der Waals surface area contributed by atoms with Gasteiger partial charge in [-0.25, -0.2) is 0 Å². The zero-order valence-electron chi connectivity index (χ0n) is 10.6. The summed E-state index contributed by atoms with van der Waals surface area (Å²) >= 11 is 0. The van der Waals surface area contributed by atoms with E-state index in [0.29, 0.717) is 5.56 Å². The van der Waals surface area contributed by atoms with Crippen LogP contribution in [0.25, 0.3) is 6.08 Å². The van der Waals surface area contributed by atoms with Gasteiger partial charge in [0, 0.05) is 11.6 Å². The molecule has 1 aromatic carbocycles. The van der Waals surface area contributed by atoms with Gasteiger partial charge in [0.25, 0.3) is 5.91 Å². The number of carbonyl (C=O) groups is 1. The van der Waals surface area contributed by atoms with E-state index in [1.807, 2.05) is 6.07 Å². The van der Waals surface area contributed by atoms with Crippen LogP contribution in [0, 0.1) is 11.3 Å². The quantitative estimate of drug-likeness (QED) is 0.644. The molecule has 0 spiro atoms. The number of benzene rings is 1. The monoisotopic (exact) mass is 256 g/mol. The molecule has 1 fully saturated rings. The second kappa shape index (κ2) is 6.05. The first-order valence-electron chi connectivity index (χ1n) is 6.41. The summed E-state index contributed by atoms with van der Waals surface area (Å²) in [6, 6.07) is 8.69. The number of rotatable bonds is 3. The van der Waals surface area contributed by atoms with E-state index < -0.39 is 0 Å². The molecule has 1 aliphatic carbocycles. The van der Waals surface area contributed by atoms with Crippen LogP contribution in [-0.2, 0) is 4.79 Å². The van der Waals surface area contributed by atoms with Crippen molar-refractivity contribution in [3.8, 4) is 11.8 Å². The molecule has 2 N–H and O–H groups in total. The Hall–Kier alpha value is -2.28. The van der Waals surface area contributed by atoms with Gasteiger partial charge >= 0.3 is 0 Å². The fourth-order valence-electron chi connectivity index (χ4n) is 2.25. The van der Waals surface area contributed by atoms with Crippen LogP contribution in [0.15, 0.2) is 29.8 Å². The highest BCUT2D eigenvalue weighted by Gasteiger charge is 2.19. The molecule has 98 valence electrons. The Balaban J connectivity index is 2.13. The predicted octanol–water partition coefficient (Wildman–Crippen LogP) is 2.36. The molecule has 4 nitrogen and oxygen atoms in total. The third kappa shape index (κ3) is 3.35. The molecule has 0 aliphatic heterocycles. The molecular weight excluding hydrogens is 240 g/mol. The van der Waals surface area contributed by atoms with Crippen molar-refractivity contribution >= 4 is 12.0 Å². The van der Waals surface area contributed by atoms with E-state index in [-0.39, 0.29) is 23.3 Å². The number of carbonyl (C=O) groups excluding carboxylic acids is 1. The van der Waals surface area contributed by atoms with E-state index in [1.165, 1.54) is 12.1 Å². The summed E-state index contributed by atoms with van der Waals surface area (Å²) in [5, 5.41) is 21.6. The first-order chi connectivity index (χ1) is 9.20. The smallest absolute Gasteiger partial charge is 0.262 e. The van der Waals surface area contributed by atoms with Crippen LogP contribution in [0.4, 0.5) is 0 Å². The van der Waals surface area contributed by atoms with Crippen LogP contribution in [-0.4, -0.2) is 17.1 Å². The number of para-hydroxylation sites is 1. The molecule has 1 saturated carbocycles. The van der Waals surface area contributed by atoms with Gasteiger partial charge in [0.15, 0.2) is 0 Å². The first kappa shape index (κ1) is 13.2. The molecule has 0 aromatic heterocycles. The third-order valence-electron chi connectivity index (χ3n) is 3.29. The lowest BCUT2D eigenvalue weighted by atomic mass is 10.1. The van der Waals surface area contributed by atoms with E-state index in [9.17, 15) is 9.90 Å². The van der Waals surface area contributed by atoms with E-state index in [0.717, 1.165) is 25.7 Å². The average Bonchev–Trinajstić information content (AvgIpc) is 2.90. The van der Waals surface area contributed by atoms with Crippen molar-refractivity contribution in [1.29, 1.82) is 5.26 Å². The summed E-state index contributed by atoms with van der Waals surface area (Å²) in [5.41, 5.74) is 0.494. The molecule has 0 unspecified atom stereocenters. The molecule has 19 heavy (non-hydrogen) atoms. The number of amides is 1. The van der Waals surface area contributed by atoms with Gasteiger partial charge in [-0.3, -0.25) is 4.79 Å². The summed E-state index contributed by atoms with van der Waals surface area (Å²) in [5.74, 6) is -0.304. The van der Waals surface area contributed by atoms with Crippen LogP contribution >= 0.6 is 0 Å². The highest BCUT2D eigenvalue weighted by molar-refractivity contribution is 6.02. The molecule has 0 saturated heterocycles. The number of nitrogens with one attached hydrogen (secondary N) is 1. The van der Waals surface area contributed by atoms with Crippen molar-refractivity contribution < 1.29 is 9.90 Å². The second-order valence-corrected chi connectivity index (χ2v) is 4.68. The Kier molecular flexibility index (Phi) is 4.19. The van der Waals surface area contributed by atoms with Gasteiger partial charge in [-0.05, 0) is 25.0 Å². The Morgan fingerprint density at radius 1 is 1.37 bits per heavy atom. The lowest BCUT2D eigenvalue weighted by molar-refractivity contribution is -0.117. The minimum atomic E-state index is -0.363. The van der Waals surface area contributed by atoms with Crippen molar-refractivity contribution in [2.45, 2.75) is 31.7 Å². The van der Waals surface area contributed by atoms with Crippen LogP contribution in [0.5, 0.6) is 5.75 Å². The summed E-state index contributed by atoms with van der Waals surface area (Å²) in [4.78, 5) is 12.0. The molecule has 0 radical (unpaired) electrons. The average molecular weight is 256 g/mol. The predicted molar refractivity (Wildman–Crippen MR) is 72.1 cm³/mol. The van der Waals surface area contributed by atoms with Gasteiger partial charge < -0.3 is 10.4 Å². The van der Waals surface area contributed by atoms with Gasteiger partial charge in [-0.15, -0.1) is 0 Å². The van der Waals surface area contributed by atoms with E-state index in [1.54, 1.807) is 18.2 Å². The van der Waals surface area contributed by atoms with Crippen molar-refractivity contribution in [3.05, 3.63) is 35.4 Å². The summed E-state index contributed by atoms with van der Waals surface area (Å²) in [6.45, 7) is 0. The molecule has 1 aliphatic rings. The number of aromatic hydroxyl groups is 1. The molecule has 0 atom stereocenters. The van der Waals surface area contributed by atoms with Crippen LogP contribution in [0.1, 0.15) is 31.2 Å². The van der Waals surface area contributed by atoms with Crippen molar-refractivity contribution in [2.75, 3.05) is 0 Å². The van der Waals surface area contributed by atoms with Crippen LogP contribution in [0.2, 0.25) is 0 Å². The minimum absolute atomic E-state index is 0.0217. The Bertz CT molecular complexity index is 537.